The van der Waals surface area contributed by atoms with E-state index < -0.39 is 18.1 Å². The number of carbonyl (C=O) groups excluding carboxylic acids is 1. The van der Waals surface area contributed by atoms with Crippen molar-refractivity contribution in [3.8, 4) is 0 Å². The number of carboxylic acids is 1. The van der Waals surface area contributed by atoms with Crippen molar-refractivity contribution >= 4 is 12.0 Å². The maximum Gasteiger partial charge on any atom is 0.334 e. The predicted octanol–water partition coefficient (Wildman–Crippen LogP) is -1.28. The highest BCUT2D eigenvalue weighted by molar-refractivity contribution is 5.76. The molecule has 0 aliphatic carbocycles. The van der Waals surface area contributed by atoms with Gasteiger partial charge in [0, 0.05) is 6.20 Å². The number of hydrogen-bond acceptors (Lipinski definition) is 5. The topological polar surface area (TPSA) is 124 Å². The van der Waals surface area contributed by atoms with Crippen molar-refractivity contribution in [2.24, 2.45) is 0 Å². The summed E-state index contributed by atoms with van der Waals surface area (Å²) in [5, 5.41) is 29.3. The number of carboxylic acid groups (broad SMARTS) is 1. The molecule has 0 fully saturated rings. The number of aromatic nitrogens is 2. The Labute approximate surface area is 96.7 Å². The fourth-order valence-electron chi connectivity index (χ4n) is 0.938. The van der Waals surface area contributed by atoms with Crippen molar-refractivity contribution in [1.82, 2.24) is 20.8 Å². The lowest BCUT2D eigenvalue weighted by Gasteiger charge is -2.08. The number of aliphatic hydroxyl groups excluding tert-OH is 1. The molecule has 1 aromatic heterocycles. The van der Waals surface area contributed by atoms with Crippen molar-refractivity contribution in [2.75, 3.05) is 6.54 Å². The molecule has 0 bridgehead atoms. The van der Waals surface area contributed by atoms with E-state index in [2.05, 4.69) is 20.8 Å². The predicted molar refractivity (Wildman–Crippen MR) is 55.9 cm³/mol. The molecule has 0 aromatic carbocycles. The van der Waals surface area contributed by atoms with Crippen LogP contribution in [-0.4, -0.2) is 45.1 Å². The molecule has 17 heavy (non-hydrogen) atoms. The third-order valence-corrected chi connectivity index (χ3v) is 1.80. The first-order valence-electron chi connectivity index (χ1n) is 4.78. The first-order chi connectivity index (χ1) is 8.09. The zero-order valence-corrected chi connectivity index (χ0v) is 8.83. The van der Waals surface area contributed by atoms with Gasteiger partial charge in [-0.05, 0) is 12.1 Å². The molecule has 0 aliphatic rings. The molecular formula is C9H12N4O4. The third kappa shape index (κ3) is 4.89. The summed E-state index contributed by atoms with van der Waals surface area (Å²) in [5.74, 6) is -1.39. The number of hydrogen-bond donors (Lipinski definition) is 4. The SMILES string of the molecule is O=C(NCc1cccnn1)NC[C@H](O)C(=O)O. The zero-order valence-electron chi connectivity index (χ0n) is 8.83. The fraction of sp³-hybridized carbons (Fsp3) is 0.333. The molecule has 1 aromatic rings. The van der Waals surface area contributed by atoms with E-state index in [1.54, 1.807) is 12.1 Å². The number of carbonyl (C=O) groups is 2. The average molecular weight is 240 g/mol. The van der Waals surface area contributed by atoms with Crippen LogP contribution in [0.2, 0.25) is 0 Å². The molecular weight excluding hydrogens is 228 g/mol. The van der Waals surface area contributed by atoms with Gasteiger partial charge in [0.1, 0.15) is 0 Å². The maximum atomic E-state index is 11.2. The normalized spacial score (nSPS) is 11.6. The van der Waals surface area contributed by atoms with Crippen molar-refractivity contribution in [3.63, 3.8) is 0 Å². The molecule has 4 N–H and O–H groups in total. The number of aliphatic carboxylic acids is 1. The van der Waals surface area contributed by atoms with E-state index in [0.717, 1.165) is 0 Å². The van der Waals surface area contributed by atoms with Gasteiger partial charge in [-0.25, -0.2) is 9.59 Å². The van der Waals surface area contributed by atoms with Gasteiger partial charge in [-0.1, -0.05) is 0 Å². The van der Waals surface area contributed by atoms with E-state index in [-0.39, 0.29) is 13.1 Å². The second kappa shape index (κ2) is 6.38. The quantitative estimate of drug-likeness (QED) is 0.508. The molecule has 8 heteroatoms. The molecule has 1 rings (SSSR count). The lowest BCUT2D eigenvalue weighted by atomic mass is 10.3. The van der Waals surface area contributed by atoms with E-state index in [0.29, 0.717) is 5.69 Å². The Hall–Kier alpha value is -2.22. The summed E-state index contributed by atoms with van der Waals surface area (Å²) in [5.41, 5.74) is 0.571. The Kier molecular flexibility index (Phi) is 4.82. The van der Waals surface area contributed by atoms with Crippen LogP contribution >= 0.6 is 0 Å². The second-order valence-electron chi connectivity index (χ2n) is 3.13. The van der Waals surface area contributed by atoms with Crippen LogP contribution in [-0.2, 0) is 11.3 Å². The number of urea groups is 1. The van der Waals surface area contributed by atoms with Crippen LogP contribution in [0.1, 0.15) is 5.69 Å². The Morgan fingerprint density at radius 3 is 2.76 bits per heavy atom. The Bertz CT molecular complexity index is 384. The van der Waals surface area contributed by atoms with Crippen LogP contribution in [0.4, 0.5) is 4.79 Å². The fourth-order valence-corrected chi connectivity index (χ4v) is 0.938. The van der Waals surface area contributed by atoms with Crippen molar-refractivity contribution in [1.29, 1.82) is 0 Å². The summed E-state index contributed by atoms with van der Waals surface area (Å²) in [4.78, 5) is 21.4. The minimum Gasteiger partial charge on any atom is -0.479 e. The lowest BCUT2D eigenvalue weighted by Crippen LogP contribution is -2.41. The van der Waals surface area contributed by atoms with Gasteiger partial charge in [-0.2, -0.15) is 10.2 Å². The molecule has 2 amide bonds. The number of rotatable bonds is 5. The molecule has 0 radical (unpaired) electrons. The van der Waals surface area contributed by atoms with Crippen molar-refractivity contribution in [3.05, 3.63) is 24.0 Å². The van der Waals surface area contributed by atoms with Crippen LogP contribution in [0, 0.1) is 0 Å². The maximum absolute atomic E-state index is 11.2. The smallest absolute Gasteiger partial charge is 0.334 e. The first kappa shape index (κ1) is 12.8. The summed E-state index contributed by atoms with van der Waals surface area (Å²) in [6.45, 7) is -0.190. The monoisotopic (exact) mass is 240 g/mol. The number of nitrogens with one attached hydrogen (secondary N) is 2. The molecule has 92 valence electrons. The minimum atomic E-state index is -1.61. The zero-order chi connectivity index (χ0) is 12.7. The molecule has 0 saturated heterocycles. The number of amides is 2. The average Bonchev–Trinajstić information content (AvgIpc) is 2.34. The van der Waals surface area contributed by atoms with Crippen molar-refractivity contribution in [2.45, 2.75) is 12.6 Å². The summed E-state index contributed by atoms with van der Waals surface area (Å²) in [6.07, 6.45) is -0.107. The van der Waals surface area contributed by atoms with Gasteiger partial charge in [-0.3, -0.25) is 0 Å². The van der Waals surface area contributed by atoms with E-state index in [9.17, 15) is 9.59 Å². The highest BCUT2D eigenvalue weighted by Gasteiger charge is 2.13. The highest BCUT2D eigenvalue weighted by Crippen LogP contribution is 1.89. The van der Waals surface area contributed by atoms with Crippen LogP contribution in [0.15, 0.2) is 18.3 Å². The Balaban J connectivity index is 2.24. The molecule has 0 unspecified atom stereocenters. The molecule has 0 spiro atoms. The van der Waals surface area contributed by atoms with Gasteiger partial charge in [0.2, 0.25) is 0 Å². The number of aliphatic hydroxyl groups is 1. The molecule has 0 saturated carbocycles. The number of nitrogens with zero attached hydrogens (tertiary/aromatic N) is 2. The highest BCUT2D eigenvalue weighted by atomic mass is 16.4. The van der Waals surface area contributed by atoms with Gasteiger partial charge in [-0.15, -0.1) is 0 Å². The van der Waals surface area contributed by atoms with Gasteiger partial charge < -0.3 is 20.8 Å². The Morgan fingerprint density at radius 1 is 1.41 bits per heavy atom. The van der Waals surface area contributed by atoms with Gasteiger partial charge in [0.15, 0.2) is 6.10 Å². The van der Waals surface area contributed by atoms with E-state index in [1.807, 2.05) is 0 Å². The van der Waals surface area contributed by atoms with Crippen LogP contribution in [0.5, 0.6) is 0 Å². The minimum absolute atomic E-state index is 0.169. The van der Waals surface area contributed by atoms with Crippen molar-refractivity contribution < 1.29 is 19.8 Å². The first-order valence-corrected chi connectivity index (χ1v) is 4.78. The summed E-state index contributed by atoms with van der Waals surface area (Å²) >= 11 is 0. The van der Waals surface area contributed by atoms with E-state index in [4.69, 9.17) is 10.2 Å². The van der Waals surface area contributed by atoms with E-state index in [1.165, 1.54) is 6.20 Å². The second-order valence-corrected chi connectivity index (χ2v) is 3.13. The largest absolute Gasteiger partial charge is 0.479 e. The van der Waals surface area contributed by atoms with Crippen LogP contribution in [0.3, 0.4) is 0 Å². The van der Waals surface area contributed by atoms with E-state index >= 15 is 0 Å². The lowest BCUT2D eigenvalue weighted by molar-refractivity contribution is -0.146. The third-order valence-electron chi connectivity index (χ3n) is 1.80. The molecule has 1 heterocycles. The van der Waals surface area contributed by atoms with Crippen LogP contribution in [0.25, 0.3) is 0 Å². The van der Waals surface area contributed by atoms with Gasteiger partial charge in [0.25, 0.3) is 0 Å². The Morgan fingerprint density at radius 2 is 2.18 bits per heavy atom. The summed E-state index contributed by atoms with van der Waals surface area (Å²) in [7, 11) is 0. The molecule has 1 atom stereocenters. The summed E-state index contributed by atoms with van der Waals surface area (Å²) in [6, 6.07) is 2.77. The van der Waals surface area contributed by atoms with Gasteiger partial charge in [0.05, 0.1) is 18.8 Å². The molecule has 0 aliphatic heterocycles. The summed E-state index contributed by atoms with van der Waals surface area (Å²) < 4.78 is 0. The standard InChI is InChI=1S/C9H12N4O4/c14-7(8(15)16)5-11-9(17)10-4-6-2-1-3-12-13-6/h1-3,7,14H,4-5H2,(H,15,16)(H2,10,11,17)/t7-/m0/s1. The molecule has 8 nitrogen and oxygen atoms in total. The van der Waals surface area contributed by atoms with Gasteiger partial charge >= 0.3 is 12.0 Å². The van der Waals surface area contributed by atoms with Crippen LogP contribution < -0.4 is 10.6 Å².